The average molecular weight is 426 g/mol. The van der Waals surface area contributed by atoms with Gasteiger partial charge in [-0.05, 0) is 47.5 Å². The van der Waals surface area contributed by atoms with Crippen LogP contribution in [0.15, 0.2) is 60.7 Å². The summed E-state index contributed by atoms with van der Waals surface area (Å²) >= 11 is 5.70. The molecule has 6 nitrogen and oxygen atoms in total. The van der Waals surface area contributed by atoms with Crippen molar-refractivity contribution < 1.29 is 18.8 Å². The van der Waals surface area contributed by atoms with Gasteiger partial charge >= 0.3 is 6.03 Å². The van der Waals surface area contributed by atoms with E-state index in [1.807, 2.05) is 36.4 Å². The first-order chi connectivity index (χ1) is 14.3. The van der Waals surface area contributed by atoms with Crippen molar-refractivity contribution in [3.63, 3.8) is 0 Å². The first-order valence-electron chi connectivity index (χ1n) is 9.16. The maximum atomic E-state index is 13.9. The van der Waals surface area contributed by atoms with E-state index < -0.39 is 35.7 Å². The normalized spacial score (nSPS) is 18.6. The second kappa shape index (κ2) is 7.42. The van der Waals surface area contributed by atoms with Crippen molar-refractivity contribution in [2.75, 3.05) is 11.9 Å². The highest BCUT2D eigenvalue weighted by molar-refractivity contribution is 6.30. The van der Waals surface area contributed by atoms with E-state index >= 15 is 0 Å². The number of amides is 4. The molecule has 1 unspecified atom stereocenters. The molecule has 0 radical (unpaired) electrons. The number of carbonyl (C=O) groups is 3. The van der Waals surface area contributed by atoms with Crippen LogP contribution in [0.1, 0.15) is 12.5 Å². The van der Waals surface area contributed by atoms with Crippen molar-refractivity contribution in [1.82, 2.24) is 10.2 Å². The molecule has 2 N–H and O–H groups in total. The van der Waals surface area contributed by atoms with Crippen LogP contribution in [-0.4, -0.2) is 29.3 Å². The average Bonchev–Trinajstić information content (AvgIpc) is 2.94. The van der Waals surface area contributed by atoms with Gasteiger partial charge in [-0.3, -0.25) is 14.5 Å². The largest absolute Gasteiger partial charge is 0.325 e. The number of nitrogens with one attached hydrogen (secondary N) is 2. The first kappa shape index (κ1) is 19.8. The van der Waals surface area contributed by atoms with Gasteiger partial charge < -0.3 is 10.6 Å². The van der Waals surface area contributed by atoms with Crippen LogP contribution in [-0.2, 0) is 15.1 Å². The Balaban J connectivity index is 1.54. The van der Waals surface area contributed by atoms with Gasteiger partial charge in [0.05, 0.1) is 5.69 Å². The molecule has 1 atom stereocenters. The van der Waals surface area contributed by atoms with Gasteiger partial charge in [0.1, 0.15) is 17.9 Å². The molecule has 1 aliphatic heterocycles. The van der Waals surface area contributed by atoms with E-state index in [2.05, 4.69) is 10.6 Å². The molecule has 4 rings (SSSR count). The van der Waals surface area contributed by atoms with Crippen molar-refractivity contribution in [3.8, 4) is 0 Å². The molecule has 0 saturated carbocycles. The molecule has 4 amide bonds. The fourth-order valence-electron chi connectivity index (χ4n) is 3.46. The molecular weight excluding hydrogens is 409 g/mol. The van der Waals surface area contributed by atoms with Crippen molar-refractivity contribution in [2.45, 2.75) is 12.5 Å². The van der Waals surface area contributed by atoms with E-state index in [-0.39, 0.29) is 10.7 Å². The van der Waals surface area contributed by atoms with Crippen molar-refractivity contribution >= 4 is 45.9 Å². The number of rotatable bonds is 4. The maximum absolute atomic E-state index is 13.9. The highest BCUT2D eigenvalue weighted by atomic mass is 35.5. The third-order valence-corrected chi connectivity index (χ3v) is 5.34. The molecule has 1 heterocycles. The number of hydrogen-bond acceptors (Lipinski definition) is 3. The Hall–Kier alpha value is -3.45. The number of fused-ring (bicyclic) bond motifs is 1. The number of nitrogens with zero attached hydrogens (tertiary/aromatic N) is 1. The Morgan fingerprint density at radius 3 is 2.57 bits per heavy atom. The van der Waals surface area contributed by atoms with Gasteiger partial charge in [-0.2, -0.15) is 0 Å². The van der Waals surface area contributed by atoms with Crippen LogP contribution in [0.25, 0.3) is 10.8 Å². The molecule has 8 heteroatoms. The Kier molecular flexibility index (Phi) is 4.91. The molecule has 30 heavy (non-hydrogen) atoms. The lowest BCUT2D eigenvalue weighted by Crippen LogP contribution is -2.42. The smallest absolute Gasteiger partial charge is 0.322 e. The summed E-state index contributed by atoms with van der Waals surface area (Å²) in [4.78, 5) is 38.7. The monoisotopic (exact) mass is 425 g/mol. The zero-order valence-corrected chi connectivity index (χ0v) is 16.7. The Bertz CT molecular complexity index is 1200. The minimum atomic E-state index is -1.31. The number of hydrogen-bond donors (Lipinski definition) is 2. The van der Waals surface area contributed by atoms with E-state index in [0.717, 1.165) is 21.7 Å². The predicted molar refractivity (Wildman–Crippen MR) is 112 cm³/mol. The molecular formula is C22H17ClFN3O3. The third kappa shape index (κ3) is 3.48. The van der Waals surface area contributed by atoms with E-state index in [9.17, 15) is 18.8 Å². The van der Waals surface area contributed by atoms with Gasteiger partial charge in [0, 0.05) is 5.02 Å². The SMILES string of the molecule is CC1(c2ccc3ccccc3c2)NC(=O)N(CC(=O)Nc2ccc(Cl)cc2F)C1=O. The zero-order valence-electron chi connectivity index (χ0n) is 15.9. The van der Waals surface area contributed by atoms with E-state index in [4.69, 9.17) is 11.6 Å². The molecule has 0 spiro atoms. The van der Waals surface area contributed by atoms with Crippen molar-refractivity contribution in [2.24, 2.45) is 0 Å². The Morgan fingerprint density at radius 2 is 1.83 bits per heavy atom. The van der Waals surface area contributed by atoms with Crippen molar-refractivity contribution in [3.05, 3.63) is 77.1 Å². The van der Waals surface area contributed by atoms with Gasteiger partial charge in [0.25, 0.3) is 5.91 Å². The minimum absolute atomic E-state index is 0.0891. The lowest BCUT2D eigenvalue weighted by Gasteiger charge is -2.22. The highest BCUT2D eigenvalue weighted by Gasteiger charge is 2.49. The van der Waals surface area contributed by atoms with Crippen LogP contribution in [0.2, 0.25) is 5.02 Å². The van der Waals surface area contributed by atoms with Gasteiger partial charge in [-0.1, -0.05) is 48.0 Å². The summed E-state index contributed by atoms with van der Waals surface area (Å²) in [6.45, 7) is 1.05. The summed E-state index contributed by atoms with van der Waals surface area (Å²) in [5, 5.41) is 7.13. The van der Waals surface area contributed by atoms with Crippen molar-refractivity contribution in [1.29, 1.82) is 0 Å². The second-order valence-electron chi connectivity index (χ2n) is 7.18. The van der Waals surface area contributed by atoms with Crippen LogP contribution >= 0.6 is 11.6 Å². The van der Waals surface area contributed by atoms with Gasteiger partial charge in [-0.15, -0.1) is 0 Å². The first-order valence-corrected chi connectivity index (χ1v) is 9.54. The van der Waals surface area contributed by atoms with Crippen LogP contribution in [0.5, 0.6) is 0 Å². The van der Waals surface area contributed by atoms with Crippen LogP contribution < -0.4 is 10.6 Å². The third-order valence-electron chi connectivity index (χ3n) is 5.11. The summed E-state index contributed by atoms with van der Waals surface area (Å²) in [5.74, 6) is -1.98. The molecule has 3 aromatic carbocycles. The second-order valence-corrected chi connectivity index (χ2v) is 7.62. The summed E-state index contributed by atoms with van der Waals surface area (Å²) in [7, 11) is 0. The number of urea groups is 1. The molecule has 1 saturated heterocycles. The molecule has 1 fully saturated rings. The summed E-state index contributed by atoms with van der Waals surface area (Å²) < 4.78 is 13.9. The van der Waals surface area contributed by atoms with Crippen LogP contribution in [0.3, 0.4) is 0 Å². The van der Waals surface area contributed by atoms with E-state index in [0.29, 0.717) is 5.56 Å². The van der Waals surface area contributed by atoms with Crippen LogP contribution in [0, 0.1) is 5.82 Å². The Morgan fingerprint density at radius 1 is 1.10 bits per heavy atom. The van der Waals surface area contributed by atoms with Gasteiger partial charge in [0.15, 0.2) is 0 Å². The lowest BCUT2D eigenvalue weighted by molar-refractivity contribution is -0.133. The number of halogens is 2. The fraction of sp³-hybridized carbons (Fsp3) is 0.136. The summed E-state index contributed by atoms with van der Waals surface area (Å²) in [6.07, 6.45) is 0. The number of carbonyl (C=O) groups excluding carboxylic acids is 3. The topological polar surface area (TPSA) is 78.5 Å². The van der Waals surface area contributed by atoms with Gasteiger partial charge in [-0.25, -0.2) is 9.18 Å². The standard InChI is InChI=1S/C22H17ClFN3O3/c1-22(15-7-6-13-4-2-3-5-14(13)10-15)20(29)27(21(30)26-22)12-19(28)25-18-9-8-16(23)11-17(18)24/h2-11H,12H2,1H3,(H,25,28)(H,26,30). The lowest BCUT2D eigenvalue weighted by atomic mass is 9.90. The number of benzene rings is 3. The van der Waals surface area contributed by atoms with Crippen LogP contribution in [0.4, 0.5) is 14.9 Å². The molecule has 1 aliphatic rings. The molecule has 0 aromatic heterocycles. The predicted octanol–water partition coefficient (Wildman–Crippen LogP) is 4.04. The number of anilines is 1. The van der Waals surface area contributed by atoms with E-state index in [1.165, 1.54) is 12.1 Å². The number of imide groups is 1. The molecule has 0 aliphatic carbocycles. The molecule has 3 aromatic rings. The summed E-state index contributed by atoms with van der Waals surface area (Å²) in [6, 6.07) is 16.2. The fourth-order valence-corrected chi connectivity index (χ4v) is 3.62. The highest BCUT2D eigenvalue weighted by Crippen LogP contribution is 2.31. The Labute approximate surface area is 176 Å². The summed E-state index contributed by atoms with van der Waals surface area (Å²) in [5.41, 5.74) is -0.799. The maximum Gasteiger partial charge on any atom is 0.325 e. The minimum Gasteiger partial charge on any atom is -0.322 e. The molecule has 0 bridgehead atoms. The quantitative estimate of drug-likeness (QED) is 0.619. The van der Waals surface area contributed by atoms with E-state index in [1.54, 1.807) is 13.0 Å². The van der Waals surface area contributed by atoms with Gasteiger partial charge in [0.2, 0.25) is 5.91 Å². The zero-order chi connectivity index (χ0) is 21.5. The molecule has 152 valence electrons.